The molecule has 3 heterocycles. The lowest BCUT2D eigenvalue weighted by Gasteiger charge is -2.46. The van der Waals surface area contributed by atoms with Gasteiger partial charge < -0.3 is 4.74 Å². The minimum atomic E-state index is -0.470. The Labute approximate surface area is 97.4 Å². The second-order valence-corrected chi connectivity index (χ2v) is 5.97. The Morgan fingerprint density at radius 2 is 1.94 bits per heavy atom. The first kappa shape index (κ1) is 11.0. The summed E-state index contributed by atoms with van der Waals surface area (Å²) < 4.78 is 6.06. The molecule has 0 radical (unpaired) electrons. The minimum Gasteiger partial charge on any atom is -0.344 e. The Kier molecular flexibility index (Phi) is 2.54. The average Bonchev–Trinajstić information content (AvgIpc) is 2.56. The molecule has 0 unspecified atom stereocenters. The van der Waals surface area contributed by atoms with Gasteiger partial charge in [0.25, 0.3) is 0 Å². The summed E-state index contributed by atoms with van der Waals surface area (Å²) in [6.07, 6.45) is 7.14. The maximum Gasteiger partial charge on any atom is 0.204 e. The van der Waals surface area contributed by atoms with Crippen molar-refractivity contribution in [3.05, 3.63) is 0 Å². The van der Waals surface area contributed by atoms with Crippen molar-refractivity contribution in [2.75, 3.05) is 6.61 Å². The van der Waals surface area contributed by atoms with E-state index in [1.807, 2.05) is 0 Å². The molecule has 3 aliphatic heterocycles. The Bertz CT molecular complexity index is 261. The second-order valence-electron chi connectivity index (χ2n) is 5.97. The van der Waals surface area contributed by atoms with E-state index in [0.717, 1.165) is 19.4 Å². The Morgan fingerprint density at radius 3 is 2.62 bits per heavy atom. The molecular weight excluding hydrogens is 204 g/mol. The van der Waals surface area contributed by atoms with E-state index in [0.29, 0.717) is 11.8 Å². The lowest BCUT2D eigenvalue weighted by molar-refractivity contribution is -0.520. The van der Waals surface area contributed by atoms with Gasteiger partial charge in [0.15, 0.2) is 0 Å². The molecule has 4 fully saturated rings. The Morgan fingerprint density at radius 1 is 1.06 bits per heavy atom. The van der Waals surface area contributed by atoms with Crippen LogP contribution in [0.2, 0.25) is 0 Å². The van der Waals surface area contributed by atoms with Gasteiger partial charge in [-0.3, -0.25) is 0 Å². The first-order valence-electron chi connectivity index (χ1n) is 6.68. The molecule has 0 aromatic rings. The van der Waals surface area contributed by atoms with Crippen molar-refractivity contribution in [1.29, 1.82) is 0 Å². The number of fused-ring (bicyclic) bond motifs is 3. The third kappa shape index (κ3) is 1.45. The summed E-state index contributed by atoms with van der Waals surface area (Å²) >= 11 is 0. The first-order chi connectivity index (χ1) is 7.67. The summed E-state index contributed by atoms with van der Waals surface area (Å²) in [6, 6.07) is 0. The molecule has 3 saturated heterocycles. The highest BCUT2D eigenvalue weighted by Gasteiger charge is 2.56. The molecule has 92 valence electrons. The molecule has 0 N–H and O–H groups in total. The smallest absolute Gasteiger partial charge is 0.204 e. The Balaban J connectivity index is 1.87. The quantitative estimate of drug-likeness (QED) is 0.643. The van der Waals surface area contributed by atoms with Gasteiger partial charge in [0.2, 0.25) is 5.79 Å². The van der Waals surface area contributed by atoms with E-state index in [1.165, 1.54) is 25.7 Å². The van der Waals surface area contributed by atoms with Gasteiger partial charge in [0, 0.05) is 12.3 Å². The van der Waals surface area contributed by atoms with Crippen LogP contribution in [-0.2, 0) is 14.5 Å². The normalized spacial score (nSPS) is 47.8. The van der Waals surface area contributed by atoms with Gasteiger partial charge >= 0.3 is 0 Å². The van der Waals surface area contributed by atoms with Crippen LogP contribution in [-0.4, -0.2) is 18.0 Å². The molecule has 3 nitrogen and oxygen atoms in total. The molecule has 0 aromatic carbocycles. The summed E-state index contributed by atoms with van der Waals surface area (Å²) in [7, 11) is 0. The van der Waals surface area contributed by atoms with Crippen molar-refractivity contribution in [1.82, 2.24) is 0 Å². The molecular formula is C13H22O3. The topological polar surface area (TPSA) is 27.7 Å². The standard InChI is InChI=1S/C13H22O3/c1-10(2)13-8-6-11-5-3-4-7-12(11,9-14-13)15-16-13/h10-11H,3-9H2,1-2H3/t11-,12-,13+/m1/s1. The van der Waals surface area contributed by atoms with Crippen LogP contribution in [0.3, 0.4) is 0 Å². The summed E-state index contributed by atoms with van der Waals surface area (Å²) in [6.45, 7) is 5.03. The van der Waals surface area contributed by atoms with Crippen LogP contribution in [0.25, 0.3) is 0 Å². The van der Waals surface area contributed by atoms with E-state index < -0.39 is 5.79 Å². The molecule has 3 atom stereocenters. The van der Waals surface area contributed by atoms with Crippen molar-refractivity contribution in [2.45, 2.75) is 63.8 Å². The molecule has 0 amide bonds. The van der Waals surface area contributed by atoms with Gasteiger partial charge in [-0.15, -0.1) is 0 Å². The lowest BCUT2D eigenvalue weighted by Crippen LogP contribution is -2.54. The zero-order valence-electron chi connectivity index (χ0n) is 10.3. The summed E-state index contributed by atoms with van der Waals surface area (Å²) in [4.78, 5) is 11.5. The number of hydrogen-bond donors (Lipinski definition) is 0. The van der Waals surface area contributed by atoms with Crippen molar-refractivity contribution < 1.29 is 14.5 Å². The predicted molar refractivity (Wildman–Crippen MR) is 59.6 cm³/mol. The fraction of sp³-hybridized carbons (Fsp3) is 1.00. The summed E-state index contributed by atoms with van der Waals surface area (Å²) in [5.41, 5.74) is -0.118. The largest absolute Gasteiger partial charge is 0.344 e. The van der Waals surface area contributed by atoms with Gasteiger partial charge in [-0.2, -0.15) is 0 Å². The van der Waals surface area contributed by atoms with Crippen LogP contribution in [0.1, 0.15) is 52.4 Å². The molecule has 1 saturated carbocycles. The number of rotatable bonds is 1. The Hall–Kier alpha value is -0.120. The van der Waals surface area contributed by atoms with E-state index in [9.17, 15) is 0 Å². The molecule has 4 rings (SSSR count). The van der Waals surface area contributed by atoms with Crippen LogP contribution >= 0.6 is 0 Å². The molecule has 1 spiro atoms. The van der Waals surface area contributed by atoms with E-state index in [-0.39, 0.29) is 5.60 Å². The third-order valence-electron chi connectivity index (χ3n) is 4.78. The highest BCUT2D eigenvalue weighted by molar-refractivity contribution is 4.97. The number of ether oxygens (including phenoxy) is 1. The van der Waals surface area contributed by atoms with Crippen molar-refractivity contribution in [2.24, 2.45) is 11.8 Å². The second kappa shape index (κ2) is 3.69. The van der Waals surface area contributed by atoms with Crippen molar-refractivity contribution in [3.63, 3.8) is 0 Å². The van der Waals surface area contributed by atoms with E-state index >= 15 is 0 Å². The molecule has 3 heteroatoms. The zero-order valence-corrected chi connectivity index (χ0v) is 10.3. The van der Waals surface area contributed by atoms with Crippen molar-refractivity contribution >= 4 is 0 Å². The van der Waals surface area contributed by atoms with Crippen LogP contribution in [0.4, 0.5) is 0 Å². The summed E-state index contributed by atoms with van der Waals surface area (Å²) in [5, 5.41) is 0. The van der Waals surface area contributed by atoms with E-state index in [1.54, 1.807) is 0 Å². The highest BCUT2D eigenvalue weighted by Crippen LogP contribution is 2.50. The van der Waals surface area contributed by atoms with E-state index in [4.69, 9.17) is 14.5 Å². The van der Waals surface area contributed by atoms with Gasteiger partial charge in [0.1, 0.15) is 5.60 Å². The molecule has 4 aliphatic rings. The molecule has 1 aliphatic carbocycles. The SMILES string of the molecule is CC(C)[C@@]12CC[C@H]3CCCC[C@]3(CO1)OO2. The average molecular weight is 226 g/mol. The van der Waals surface area contributed by atoms with Gasteiger partial charge in [-0.25, -0.2) is 9.78 Å². The fourth-order valence-corrected chi connectivity index (χ4v) is 3.48. The van der Waals surface area contributed by atoms with Crippen molar-refractivity contribution in [3.8, 4) is 0 Å². The zero-order chi connectivity index (χ0) is 11.2. The maximum absolute atomic E-state index is 6.06. The first-order valence-corrected chi connectivity index (χ1v) is 6.68. The monoisotopic (exact) mass is 226 g/mol. The van der Waals surface area contributed by atoms with Gasteiger partial charge in [-0.1, -0.05) is 26.7 Å². The highest BCUT2D eigenvalue weighted by atomic mass is 17.2. The third-order valence-corrected chi connectivity index (χ3v) is 4.78. The minimum absolute atomic E-state index is 0.118. The fourth-order valence-electron chi connectivity index (χ4n) is 3.48. The lowest BCUT2D eigenvalue weighted by atomic mass is 9.74. The van der Waals surface area contributed by atoms with Gasteiger partial charge in [-0.05, 0) is 25.2 Å². The van der Waals surface area contributed by atoms with Crippen LogP contribution in [0.5, 0.6) is 0 Å². The van der Waals surface area contributed by atoms with Gasteiger partial charge in [0.05, 0.1) is 6.61 Å². The summed E-state index contributed by atoms with van der Waals surface area (Å²) in [5.74, 6) is 0.525. The number of hydrogen-bond acceptors (Lipinski definition) is 3. The van der Waals surface area contributed by atoms with Crippen LogP contribution in [0, 0.1) is 11.8 Å². The molecule has 0 aromatic heterocycles. The van der Waals surface area contributed by atoms with Crippen LogP contribution in [0.15, 0.2) is 0 Å². The predicted octanol–water partition coefficient (Wildman–Crippen LogP) is 3.04. The van der Waals surface area contributed by atoms with Crippen LogP contribution < -0.4 is 0 Å². The molecule has 2 bridgehead atoms. The maximum atomic E-state index is 6.06. The molecule has 16 heavy (non-hydrogen) atoms. The van der Waals surface area contributed by atoms with E-state index in [2.05, 4.69) is 13.8 Å².